The van der Waals surface area contributed by atoms with E-state index >= 15 is 0 Å². The zero-order chi connectivity index (χ0) is 13.4. The maximum absolute atomic E-state index is 11.0. The number of rotatable bonds is 6. The largest absolute Gasteiger partial charge is 0.481 e. The molecule has 1 N–H and O–H groups in total. The molecule has 104 valence electrons. The minimum atomic E-state index is -0.663. The molecule has 1 aliphatic rings. The van der Waals surface area contributed by atoms with Crippen LogP contribution in [0.15, 0.2) is 12.2 Å². The molecule has 0 aromatic heterocycles. The highest BCUT2D eigenvalue weighted by atomic mass is 16.4. The minimum Gasteiger partial charge on any atom is -0.481 e. The van der Waals surface area contributed by atoms with Crippen LogP contribution in [0.1, 0.15) is 65.2 Å². The normalized spacial score (nSPS) is 20.2. The average molecular weight is 252 g/mol. The Morgan fingerprint density at radius 1 is 1.17 bits per heavy atom. The van der Waals surface area contributed by atoms with E-state index in [4.69, 9.17) is 5.11 Å². The Hall–Kier alpha value is -0.790. The van der Waals surface area contributed by atoms with Crippen molar-refractivity contribution >= 4 is 5.97 Å². The summed E-state index contributed by atoms with van der Waals surface area (Å²) in [7, 11) is 0. The number of carboxylic acids is 1. The summed E-state index contributed by atoms with van der Waals surface area (Å²) in [5, 5.41) is 9.10. The summed E-state index contributed by atoms with van der Waals surface area (Å²) in [6, 6.07) is 0. The van der Waals surface area contributed by atoms with Gasteiger partial charge in [0.1, 0.15) is 0 Å². The van der Waals surface area contributed by atoms with E-state index in [9.17, 15) is 4.79 Å². The van der Waals surface area contributed by atoms with Crippen molar-refractivity contribution in [3.8, 4) is 0 Å². The molecule has 0 amide bonds. The van der Waals surface area contributed by atoms with E-state index in [-0.39, 0.29) is 11.8 Å². The van der Waals surface area contributed by atoms with Crippen molar-refractivity contribution in [3.05, 3.63) is 12.2 Å². The summed E-state index contributed by atoms with van der Waals surface area (Å²) in [5.41, 5.74) is 0. The van der Waals surface area contributed by atoms with E-state index in [1.54, 1.807) is 0 Å². The first-order valence-corrected chi connectivity index (χ1v) is 7.49. The molecule has 0 saturated heterocycles. The van der Waals surface area contributed by atoms with Crippen LogP contribution in [0.25, 0.3) is 0 Å². The van der Waals surface area contributed by atoms with Gasteiger partial charge in [0.05, 0.1) is 5.92 Å². The first-order valence-electron chi connectivity index (χ1n) is 7.49. The van der Waals surface area contributed by atoms with Gasteiger partial charge in [0.15, 0.2) is 0 Å². The first-order chi connectivity index (χ1) is 8.61. The van der Waals surface area contributed by atoms with Gasteiger partial charge in [-0.2, -0.15) is 0 Å². The highest BCUT2D eigenvalue weighted by Gasteiger charge is 2.19. The molecule has 0 heterocycles. The van der Waals surface area contributed by atoms with Crippen LogP contribution in [-0.4, -0.2) is 11.1 Å². The standard InChI is InChI=1S/C16H28O2/c1-13(2)15(16(17)18)12-8-7-11-14-9-5-3-4-6-10-14/h7-8,13-15H,3-6,9-12H2,1-2H3,(H,17,18). The molecule has 1 rings (SSSR count). The molecule has 0 radical (unpaired) electrons. The third-order valence-electron chi connectivity index (χ3n) is 4.12. The monoisotopic (exact) mass is 252 g/mol. The van der Waals surface area contributed by atoms with E-state index in [1.165, 1.54) is 38.5 Å². The molecule has 0 bridgehead atoms. The summed E-state index contributed by atoms with van der Waals surface area (Å²) in [4.78, 5) is 11.0. The second kappa shape index (κ2) is 8.34. The van der Waals surface area contributed by atoms with E-state index in [0.717, 1.165) is 12.3 Å². The molecule has 1 aliphatic carbocycles. The second-order valence-electron chi connectivity index (χ2n) is 5.99. The molecule has 0 aromatic carbocycles. The Bertz CT molecular complexity index is 260. The zero-order valence-corrected chi connectivity index (χ0v) is 11.9. The second-order valence-corrected chi connectivity index (χ2v) is 5.99. The van der Waals surface area contributed by atoms with Crippen LogP contribution in [0.4, 0.5) is 0 Å². The predicted molar refractivity (Wildman–Crippen MR) is 75.5 cm³/mol. The fourth-order valence-electron chi connectivity index (χ4n) is 2.79. The van der Waals surface area contributed by atoms with Gasteiger partial charge in [0.25, 0.3) is 0 Å². The molecule has 2 nitrogen and oxygen atoms in total. The van der Waals surface area contributed by atoms with Crippen molar-refractivity contribution in [3.63, 3.8) is 0 Å². The lowest BCUT2D eigenvalue weighted by Gasteiger charge is -2.14. The van der Waals surface area contributed by atoms with Crippen LogP contribution in [0.2, 0.25) is 0 Å². The summed E-state index contributed by atoms with van der Waals surface area (Å²) in [6.07, 6.45) is 14.4. The Labute approximate surface area is 111 Å². The van der Waals surface area contributed by atoms with E-state index in [0.29, 0.717) is 6.42 Å². The molecule has 0 aromatic rings. The molecule has 1 saturated carbocycles. The van der Waals surface area contributed by atoms with E-state index in [1.807, 2.05) is 13.8 Å². The summed E-state index contributed by atoms with van der Waals surface area (Å²) < 4.78 is 0. The Morgan fingerprint density at radius 2 is 1.78 bits per heavy atom. The van der Waals surface area contributed by atoms with Crippen molar-refractivity contribution in [1.29, 1.82) is 0 Å². The van der Waals surface area contributed by atoms with E-state index < -0.39 is 5.97 Å². The zero-order valence-electron chi connectivity index (χ0n) is 11.9. The molecule has 18 heavy (non-hydrogen) atoms. The smallest absolute Gasteiger partial charge is 0.307 e. The predicted octanol–water partition coefficient (Wildman–Crippen LogP) is 4.65. The average Bonchev–Trinajstić information content (AvgIpc) is 2.56. The molecular weight excluding hydrogens is 224 g/mol. The lowest BCUT2D eigenvalue weighted by Crippen LogP contribution is -2.18. The van der Waals surface area contributed by atoms with Crippen molar-refractivity contribution in [2.75, 3.05) is 0 Å². The van der Waals surface area contributed by atoms with Crippen LogP contribution >= 0.6 is 0 Å². The SMILES string of the molecule is CC(C)C(CC=CCC1CCCCCC1)C(=O)O. The van der Waals surface area contributed by atoms with Gasteiger partial charge >= 0.3 is 5.97 Å². The quantitative estimate of drug-likeness (QED) is 0.552. The number of hydrogen-bond acceptors (Lipinski definition) is 1. The van der Waals surface area contributed by atoms with Crippen LogP contribution in [0.5, 0.6) is 0 Å². The van der Waals surface area contributed by atoms with Gasteiger partial charge in [-0.3, -0.25) is 4.79 Å². The topological polar surface area (TPSA) is 37.3 Å². The van der Waals surface area contributed by atoms with Gasteiger partial charge in [-0.1, -0.05) is 64.5 Å². The van der Waals surface area contributed by atoms with Gasteiger partial charge in [0.2, 0.25) is 0 Å². The number of allylic oxidation sites excluding steroid dienone is 2. The summed E-state index contributed by atoms with van der Waals surface area (Å²) >= 11 is 0. The van der Waals surface area contributed by atoms with Crippen LogP contribution < -0.4 is 0 Å². The molecule has 1 fully saturated rings. The fraction of sp³-hybridized carbons (Fsp3) is 0.812. The molecule has 0 aliphatic heterocycles. The maximum Gasteiger partial charge on any atom is 0.307 e. The van der Waals surface area contributed by atoms with Gasteiger partial charge in [-0.25, -0.2) is 0 Å². The highest BCUT2D eigenvalue weighted by molar-refractivity contribution is 5.70. The van der Waals surface area contributed by atoms with Crippen molar-refractivity contribution in [1.82, 2.24) is 0 Å². The third kappa shape index (κ3) is 5.70. The lowest BCUT2D eigenvalue weighted by molar-refractivity contribution is -0.143. The first kappa shape index (κ1) is 15.3. The number of aliphatic carboxylic acids is 1. The van der Waals surface area contributed by atoms with Crippen molar-refractivity contribution < 1.29 is 9.90 Å². The molecule has 1 unspecified atom stereocenters. The molecular formula is C16H28O2. The van der Waals surface area contributed by atoms with Gasteiger partial charge < -0.3 is 5.11 Å². The van der Waals surface area contributed by atoms with Crippen molar-refractivity contribution in [2.24, 2.45) is 17.8 Å². The van der Waals surface area contributed by atoms with Gasteiger partial charge in [-0.05, 0) is 24.7 Å². The van der Waals surface area contributed by atoms with Crippen molar-refractivity contribution in [2.45, 2.75) is 65.2 Å². The van der Waals surface area contributed by atoms with Crippen LogP contribution in [-0.2, 0) is 4.79 Å². The Morgan fingerprint density at radius 3 is 2.28 bits per heavy atom. The van der Waals surface area contributed by atoms with Gasteiger partial charge in [0, 0.05) is 0 Å². The van der Waals surface area contributed by atoms with Crippen LogP contribution in [0.3, 0.4) is 0 Å². The fourth-order valence-corrected chi connectivity index (χ4v) is 2.79. The molecule has 0 spiro atoms. The summed E-state index contributed by atoms with van der Waals surface area (Å²) in [6.45, 7) is 3.97. The van der Waals surface area contributed by atoms with Crippen LogP contribution in [0, 0.1) is 17.8 Å². The van der Waals surface area contributed by atoms with Gasteiger partial charge in [-0.15, -0.1) is 0 Å². The number of carbonyl (C=O) groups is 1. The third-order valence-corrected chi connectivity index (χ3v) is 4.12. The number of carboxylic acid groups (broad SMARTS) is 1. The molecule has 1 atom stereocenters. The Kier molecular flexibility index (Phi) is 7.07. The highest BCUT2D eigenvalue weighted by Crippen LogP contribution is 2.26. The lowest BCUT2D eigenvalue weighted by atomic mass is 9.91. The molecule has 2 heteroatoms. The number of hydrogen-bond donors (Lipinski definition) is 1. The Balaban J connectivity index is 2.28. The maximum atomic E-state index is 11.0. The minimum absolute atomic E-state index is 0.213. The summed E-state index contributed by atoms with van der Waals surface area (Å²) in [5.74, 6) is 0.163. The van der Waals surface area contributed by atoms with E-state index in [2.05, 4.69) is 12.2 Å².